The van der Waals surface area contributed by atoms with Crippen molar-refractivity contribution >= 4 is 12.4 Å². The van der Waals surface area contributed by atoms with E-state index in [-0.39, 0.29) is 18.5 Å². The summed E-state index contributed by atoms with van der Waals surface area (Å²) in [6.45, 7) is 1.61. The molecule has 5 heteroatoms. The summed E-state index contributed by atoms with van der Waals surface area (Å²) >= 11 is 0. The highest BCUT2D eigenvalue weighted by molar-refractivity contribution is 5.85. The monoisotopic (exact) mass is 291 g/mol. The highest BCUT2D eigenvalue weighted by Crippen LogP contribution is 2.33. The van der Waals surface area contributed by atoms with Gasteiger partial charge >= 0.3 is 0 Å². The number of rotatable bonds is 3. The minimum absolute atomic E-state index is 0. The predicted molar refractivity (Wildman–Crippen MR) is 81.0 cm³/mol. The first kappa shape index (κ1) is 14.9. The Balaban J connectivity index is 0.00000147. The predicted octanol–water partition coefficient (Wildman–Crippen LogP) is 2.40. The Labute approximate surface area is 125 Å². The van der Waals surface area contributed by atoms with Crippen molar-refractivity contribution < 1.29 is 4.74 Å². The van der Waals surface area contributed by atoms with Crippen molar-refractivity contribution in [3.05, 3.63) is 47.8 Å². The summed E-state index contributed by atoms with van der Waals surface area (Å²) in [5.41, 5.74) is 5.03. The van der Waals surface area contributed by atoms with Crippen molar-refractivity contribution in [3.63, 3.8) is 0 Å². The van der Waals surface area contributed by atoms with Crippen LogP contribution < -0.4 is 5.32 Å². The van der Waals surface area contributed by atoms with E-state index in [9.17, 15) is 0 Å². The topological polar surface area (TPSA) is 47.0 Å². The molecule has 0 saturated heterocycles. The number of nitrogens with one attached hydrogen (secondary N) is 1. The maximum absolute atomic E-state index is 5.85. The molecule has 0 bridgehead atoms. The molecule has 1 aromatic heterocycles. The maximum Gasteiger partial charge on any atom is 0.0952 e. The van der Waals surface area contributed by atoms with E-state index in [2.05, 4.69) is 33.7 Å². The Morgan fingerprint density at radius 1 is 1.30 bits per heavy atom. The van der Waals surface area contributed by atoms with E-state index in [1.165, 1.54) is 16.7 Å². The lowest BCUT2D eigenvalue weighted by Crippen LogP contribution is -2.25. The van der Waals surface area contributed by atoms with Crippen LogP contribution in [0.3, 0.4) is 0 Å². The van der Waals surface area contributed by atoms with E-state index in [1.54, 1.807) is 6.20 Å². The lowest BCUT2D eigenvalue weighted by Gasteiger charge is -2.27. The molecule has 1 aliphatic rings. The Hall–Kier alpha value is -1.49. The molecule has 0 aliphatic carbocycles. The zero-order valence-corrected chi connectivity index (χ0v) is 12.2. The number of fused-ring (bicyclic) bond motifs is 1. The van der Waals surface area contributed by atoms with Crippen LogP contribution in [0.15, 0.2) is 36.7 Å². The van der Waals surface area contributed by atoms with E-state index in [0.717, 1.165) is 25.1 Å². The number of nitrogens with zero attached hydrogens (tertiary/aromatic N) is 2. The molecule has 0 amide bonds. The average Bonchev–Trinajstić information content (AvgIpc) is 2.48. The third-order valence-electron chi connectivity index (χ3n) is 3.52. The highest BCUT2D eigenvalue weighted by Gasteiger charge is 2.22. The number of hydrogen-bond acceptors (Lipinski definition) is 4. The summed E-state index contributed by atoms with van der Waals surface area (Å²) in [4.78, 5) is 0. The van der Waals surface area contributed by atoms with Gasteiger partial charge < -0.3 is 10.1 Å². The fourth-order valence-electron chi connectivity index (χ4n) is 2.65. The minimum Gasteiger partial charge on any atom is -0.372 e. The Kier molecular flexibility index (Phi) is 5.06. The summed E-state index contributed by atoms with van der Waals surface area (Å²) < 4.78 is 5.85. The van der Waals surface area contributed by atoms with Crippen molar-refractivity contribution in [2.24, 2.45) is 0 Å². The summed E-state index contributed by atoms with van der Waals surface area (Å²) in [6, 6.07) is 8.41. The van der Waals surface area contributed by atoms with Crippen molar-refractivity contribution in [1.82, 2.24) is 15.5 Å². The standard InChI is InChI=1S/C15H17N3O.ClH/c1-16-10-15-14-4-2-3-12(13(14)6-8-19-15)11-5-7-17-18-9-11;/h2-5,7,9,15-16H,6,8,10H2,1H3;1H. The largest absolute Gasteiger partial charge is 0.372 e. The number of likely N-dealkylation sites (N-methyl/N-ethyl adjacent to an activating group) is 1. The molecule has 1 unspecified atom stereocenters. The van der Waals surface area contributed by atoms with Crippen LogP contribution in [-0.4, -0.2) is 30.4 Å². The maximum atomic E-state index is 5.85. The molecule has 0 spiro atoms. The third kappa shape index (κ3) is 2.82. The Bertz CT molecular complexity index is 562. The second kappa shape index (κ2) is 6.79. The molecular weight excluding hydrogens is 274 g/mol. The summed E-state index contributed by atoms with van der Waals surface area (Å²) in [5, 5.41) is 11.0. The fraction of sp³-hybridized carbons (Fsp3) is 0.333. The van der Waals surface area contributed by atoms with Crippen LogP contribution in [0.4, 0.5) is 0 Å². The molecule has 3 rings (SSSR count). The number of benzene rings is 1. The molecule has 1 N–H and O–H groups in total. The number of hydrogen-bond donors (Lipinski definition) is 1. The van der Waals surface area contributed by atoms with Gasteiger partial charge in [0.25, 0.3) is 0 Å². The molecule has 1 aromatic carbocycles. The van der Waals surface area contributed by atoms with Gasteiger partial charge in [-0.15, -0.1) is 12.4 Å². The van der Waals surface area contributed by atoms with Gasteiger partial charge in [0.05, 0.1) is 25.1 Å². The third-order valence-corrected chi connectivity index (χ3v) is 3.52. The number of halogens is 1. The van der Waals surface area contributed by atoms with Crippen molar-refractivity contribution in [2.75, 3.05) is 20.2 Å². The minimum atomic E-state index is 0. The van der Waals surface area contributed by atoms with Gasteiger partial charge in [0.2, 0.25) is 0 Å². The summed E-state index contributed by atoms with van der Waals surface area (Å²) in [7, 11) is 1.95. The molecule has 106 valence electrons. The van der Waals surface area contributed by atoms with Gasteiger partial charge in [0, 0.05) is 12.1 Å². The fourth-order valence-corrected chi connectivity index (χ4v) is 2.65. The van der Waals surface area contributed by atoms with Crippen LogP contribution in [-0.2, 0) is 11.2 Å². The second-order valence-corrected chi connectivity index (χ2v) is 4.67. The summed E-state index contributed by atoms with van der Waals surface area (Å²) in [6.07, 6.45) is 4.65. The first-order valence-electron chi connectivity index (χ1n) is 6.55. The van der Waals surface area contributed by atoms with Gasteiger partial charge in [0.1, 0.15) is 0 Å². The van der Waals surface area contributed by atoms with E-state index >= 15 is 0 Å². The quantitative estimate of drug-likeness (QED) is 0.943. The molecular formula is C15H18ClN3O. The van der Waals surface area contributed by atoms with Crippen molar-refractivity contribution in [1.29, 1.82) is 0 Å². The molecule has 2 aromatic rings. The highest BCUT2D eigenvalue weighted by atomic mass is 35.5. The van der Waals surface area contributed by atoms with Crippen LogP contribution in [0.1, 0.15) is 17.2 Å². The average molecular weight is 292 g/mol. The van der Waals surface area contributed by atoms with E-state index < -0.39 is 0 Å². The first-order chi connectivity index (χ1) is 9.40. The molecule has 20 heavy (non-hydrogen) atoms. The lowest BCUT2D eigenvalue weighted by atomic mass is 9.90. The zero-order chi connectivity index (χ0) is 13.1. The molecule has 1 aliphatic heterocycles. The van der Waals surface area contributed by atoms with E-state index in [4.69, 9.17) is 4.74 Å². The van der Waals surface area contributed by atoms with E-state index in [0.29, 0.717) is 0 Å². The molecule has 1 atom stereocenters. The Morgan fingerprint density at radius 2 is 2.20 bits per heavy atom. The van der Waals surface area contributed by atoms with Crippen molar-refractivity contribution in [3.8, 4) is 11.1 Å². The van der Waals surface area contributed by atoms with Crippen LogP contribution in [0.2, 0.25) is 0 Å². The first-order valence-corrected chi connectivity index (χ1v) is 6.55. The number of ether oxygens (including phenoxy) is 1. The van der Waals surface area contributed by atoms with Gasteiger partial charge in [0.15, 0.2) is 0 Å². The normalized spacial score (nSPS) is 17.1. The summed E-state index contributed by atoms with van der Waals surface area (Å²) in [5.74, 6) is 0. The second-order valence-electron chi connectivity index (χ2n) is 4.67. The van der Waals surface area contributed by atoms with E-state index in [1.807, 2.05) is 19.3 Å². The van der Waals surface area contributed by atoms with Crippen molar-refractivity contribution in [2.45, 2.75) is 12.5 Å². The molecule has 2 heterocycles. The van der Waals surface area contributed by atoms with Crippen LogP contribution in [0, 0.1) is 0 Å². The SMILES string of the molecule is CNCC1OCCc2c(-c3ccnnc3)cccc21.Cl. The molecule has 0 saturated carbocycles. The van der Waals surface area contributed by atoms with Crippen LogP contribution in [0.5, 0.6) is 0 Å². The van der Waals surface area contributed by atoms with Gasteiger partial charge in [-0.3, -0.25) is 0 Å². The van der Waals surface area contributed by atoms with Crippen LogP contribution in [0.25, 0.3) is 11.1 Å². The molecule has 4 nitrogen and oxygen atoms in total. The van der Waals surface area contributed by atoms with Gasteiger partial charge in [-0.2, -0.15) is 10.2 Å². The van der Waals surface area contributed by atoms with Crippen LogP contribution >= 0.6 is 12.4 Å². The Morgan fingerprint density at radius 3 is 2.95 bits per heavy atom. The molecule has 0 fully saturated rings. The lowest BCUT2D eigenvalue weighted by molar-refractivity contribution is 0.0440. The smallest absolute Gasteiger partial charge is 0.0952 e. The van der Waals surface area contributed by atoms with Gasteiger partial charge in [-0.1, -0.05) is 18.2 Å². The molecule has 0 radical (unpaired) electrons. The van der Waals surface area contributed by atoms with Gasteiger partial charge in [-0.05, 0) is 36.2 Å². The van der Waals surface area contributed by atoms with Gasteiger partial charge in [-0.25, -0.2) is 0 Å². The number of aromatic nitrogens is 2. The zero-order valence-electron chi connectivity index (χ0n) is 11.4.